The van der Waals surface area contributed by atoms with Gasteiger partial charge in [-0.15, -0.1) is 0 Å². The summed E-state index contributed by atoms with van der Waals surface area (Å²) >= 11 is 0. The number of hydrogen-bond donors (Lipinski definition) is 5. The Kier molecular flexibility index (Phi) is 10.8. The first-order valence-corrected chi connectivity index (χ1v) is 16.7. The van der Waals surface area contributed by atoms with E-state index in [1.165, 1.54) is 29.4 Å². The van der Waals surface area contributed by atoms with Crippen LogP contribution in [0.5, 0.6) is 0 Å². The number of imidazole rings is 1. The first-order chi connectivity index (χ1) is 19.5. The van der Waals surface area contributed by atoms with Crippen LogP contribution in [-0.4, -0.2) is 104 Å². The van der Waals surface area contributed by atoms with E-state index in [2.05, 4.69) is 15.0 Å². The van der Waals surface area contributed by atoms with Gasteiger partial charge in [0.15, 0.2) is 17.7 Å². The number of anilines is 1. The third kappa shape index (κ3) is 8.78. The summed E-state index contributed by atoms with van der Waals surface area (Å²) in [7, 11) is -9.62. The van der Waals surface area contributed by atoms with Crippen LogP contribution in [0.15, 0.2) is 41.8 Å². The molecule has 17 nitrogen and oxygen atoms in total. The maximum atomic E-state index is 11.3. The van der Waals surface area contributed by atoms with Crippen molar-refractivity contribution in [1.29, 1.82) is 0 Å². The van der Waals surface area contributed by atoms with Gasteiger partial charge in [-0.2, -0.15) is 8.42 Å². The molecule has 1 aliphatic heterocycles. The Morgan fingerprint density at radius 1 is 1.21 bits per heavy atom. The van der Waals surface area contributed by atoms with Crippen molar-refractivity contribution in [2.24, 2.45) is 5.73 Å². The minimum atomic E-state index is -4.89. The number of aliphatic hydroxyl groups is 1. The molecule has 1 aromatic carbocycles. The predicted molar refractivity (Wildman–Crippen MR) is 148 cm³/mol. The highest BCUT2D eigenvalue weighted by Gasteiger charge is 2.50. The van der Waals surface area contributed by atoms with Crippen molar-refractivity contribution in [2.75, 3.05) is 23.5 Å². The molecule has 0 amide bonds. The Labute approximate surface area is 243 Å². The Morgan fingerprint density at radius 2 is 1.86 bits per heavy atom. The fourth-order valence-corrected chi connectivity index (χ4v) is 6.56. The molecule has 3 heterocycles. The molecule has 1 saturated heterocycles. The summed E-state index contributed by atoms with van der Waals surface area (Å²) in [5, 5.41) is 19.7. The number of carboxylic acid groups (broad SMARTS) is 1. The average molecular weight is 651 g/mol. The van der Waals surface area contributed by atoms with Gasteiger partial charge in [0.2, 0.25) is 0 Å². The first kappa shape index (κ1) is 33.6. The number of ether oxygens (including phenoxy) is 1. The summed E-state index contributed by atoms with van der Waals surface area (Å²) in [6, 6.07) is 4.76. The highest BCUT2D eigenvalue weighted by Crippen LogP contribution is 2.35. The van der Waals surface area contributed by atoms with E-state index in [1.807, 2.05) is 13.2 Å². The third-order valence-corrected chi connectivity index (χ3v) is 9.20. The average Bonchev–Trinajstić information content (AvgIpc) is 3.44. The Morgan fingerprint density at radius 3 is 2.43 bits per heavy atom. The van der Waals surface area contributed by atoms with Crippen LogP contribution >= 0.6 is 0 Å². The summed E-state index contributed by atoms with van der Waals surface area (Å²) < 4.78 is 74.9. The SMILES string of the molecule is C[S+](CC[C@H](N)C(=O)O)C[C@H]1O[C@@H](n2cnc3c(N)ncnc32)[C@H](O)[C@@H]1OS(=O)(=O)O.Cc1ccc(S(=O)(=O)[O-])cc1. The van der Waals surface area contributed by atoms with Crippen LogP contribution in [-0.2, 0) is 45.1 Å². The van der Waals surface area contributed by atoms with Crippen molar-refractivity contribution in [2.45, 2.75) is 48.8 Å². The van der Waals surface area contributed by atoms with E-state index in [0.717, 1.165) is 5.56 Å². The summed E-state index contributed by atoms with van der Waals surface area (Å²) in [6.45, 7) is 1.82. The molecule has 1 fully saturated rings. The summed E-state index contributed by atoms with van der Waals surface area (Å²) in [6.07, 6.45) is -0.437. The number of rotatable bonds is 10. The molecule has 0 saturated carbocycles. The molecule has 0 spiro atoms. The minimum absolute atomic E-state index is 0.114. The van der Waals surface area contributed by atoms with Crippen LogP contribution in [0.1, 0.15) is 18.2 Å². The van der Waals surface area contributed by atoms with Crippen molar-refractivity contribution < 1.29 is 49.9 Å². The van der Waals surface area contributed by atoms with E-state index in [-0.39, 0.29) is 34.1 Å². The van der Waals surface area contributed by atoms with E-state index >= 15 is 0 Å². The molecule has 3 aromatic rings. The second kappa shape index (κ2) is 13.6. The molecule has 2 aromatic heterocycles. The van der Waals surface area contributed by atoms with E-state index in [0.29, 0.717) is 5.75 Å². The molecule has 232 valence electrons. The number of aromatic nitrogens is 4. The van der Waals surface area contributed by atoms with Crippen LogP contribution in [0.4, 0.5) is 5.82 Å². The van der Waals surface area contributed by atoms with Gasteiger partial charge in [-0.05, 0) is 30.0 Å². The zero-order valence-electron chi connectivity index (χ0n) is 22.2. The molecule has 0 aliphatic carbocycles. The third-order valence-electron chi connectivity index (χ3n) is 6.06. The number of benzene rings is 1. The van der Waals surface area contributed by atoms with Crippen LogP contribution in [0.3, 0.4) is 0 Å². The van der Waals surface area contributed by atoms with E-state index < -0.39 is 68.0 Å². The van der Waals surface area contributed by atoms with Gasteiger partial charge in [0.1, 0.15) is 57.8 Å². The molecule has 1 aliphatic rings. The summed E-state index contributed by atoms with van der Waals surface area (Å²) in [4.78, 5) is 22.7. The minimum Gasteiger partial charge on any atom is -0.744 e. The lowest BCUT2D eigenvalue weighted by atomic mass is 10.1. The predicted octanol–water partition coefficient (Wildman–Crippen LogP) is -1.20. The number of nitrogen functional groups attached to an aromatic ring is 1. The van der Waals surface area contributed by atoms with E-state index in [4.69, 9.17) is 30.0 Å². The number of carbonyl (C=O) groups is 1. The van der Waals surface area contributed by atoms with Crippen molar-refractivity contribution >= 4 is 54.4 Å². The molecular formula is C22H30N6O11S3. The fourth-order valence-electron chi connectivity index (χ4n) is 3.92. The van der Waals surface area contributed by atoms with Gasteiger partial charge in [-0.25, -0.2) is 27.6 Å². The molecule has 1 unspecified atom stereocenters. The van der Waals surface area contributed by atoms with Crippen LogP contribution in [0, 0.1) is 6.92 Å². The largest absolute Gasteiger partial charge is 0.744 e. The number of aliphatic carboxylic acids is 1. The van der Waals surface area contributed by atoms with Crippen molar-refractivity contribution in [1.82, 2.24) is 19.5 Å². The lowest BCUT2D eigenvalue weighted by molar-refractivity contribution is -0.138. The maximum absolute atomic E-state index is 11.3. The molecule has 6 atom stereocenters. The molecule has 20 heteroatoms. The number of fused-ring (bicyclic) bond motifs is 1. The number of aliphatic hydroxyl groups excluding tert-OH is 1. The molecule has 7 N–H and O–H groups in total. The molecule has 4 rings (SSSR count). The van der Waals surface area contributed by atoms with Crippen LogP contribution < -0.4 is 11.5 Å². The smallest absolute Gasteiger partial charge is 0.397 e. The number of aryl methyl sites for hydroxylation is 1. The molecule has 0 radical (unpaired) electrons. The molecule has 0 bridgehead atoms. The van der Waals surface area contributed by atoms with Gasteiger partial charge in [-0.1, -0.05) is 17.7 Å². The normalized spacial score (nSPS) is 22.3. The second-order valence-electron chi connectivity index (χ2n) is 9.28. The number of hydrogen-bond acceptors (Lipinski definition) is 14. The maximum Gasteiger partial charge on any atom is 0.397 e. The van der Waals surface area contributed by atoms with E-state index in [9.17, 15) is 31.3 Å². The number of nitrogens with zero attached hydrogens (tertiary/aromatic N) is 4. The van der Waals surface area contributed by atoms with Crippen LogP contribution in [0.25, 0.3) is 11.2 Å². The van der Waals surface area contributed by atoms with Crippen molar-refractivity contribution in [3.05, 3.63) is 42.5 Å². The van der Waals surface area contributed by atoms with Gasteiger partial charge in [-0.3, -0.25) is 13.9 Å². The molecule has 42 heavy (non-hydrogen) atoms. The summed E-state index contributed by atoms with van der Waals surface area (Å²) in [5.41, 5.74) is 12.7. The lowest BCUT2D eigenvalue weighted by Gasteiger charge is -2.18. The molecular weight excluding hydrogens is 620 g/mol. The first-order valence-electron chi connectivity index (χ1n) is 12.0. The second-order valence-corrected chi connectivity index (χ2v) is 14.0. The highest BCUT2D eigenvalue weighted by atomic mass is 32.3. The monoisotopic (exact) mass is 650 g/mol. The van der Waals surface area contributed by atoms with Gasteiger partial charge in [0.05, 0.1) is 17.5 Å². The summed E-state index contributed by atoms with van der Waals surface area (Å²) in [5.74, 6) is -0.345. The van der Waals surface area contributed by atoms with Gasteiger partial charge in [0, 0.05) is 6.42 Å². The Balaban J connectivity index is 0.000000369. The fraction of sp³-hybridized carbons (Fsp3) is 0.455. The van der Waals surface area contributed by atoms with Gasteiger partial charge in [0.25, 0.3) is 0 Å². The number of carboxylic acids is 1. The standard InChI is InChI=1S/C15H22N6O8S2.C7H8O3S/c1-30(3-2-7(16)15(23)24)4-8-11(29-31(25,26)27)10(22)14(28-8)21-6-20-9-12(17)18-5-19-13(9)21;1-6-2-4-7(5-3-6)11(8,9)10/h5-8,10-11,14,22H,2-4,16H2,1H3,(H3-,17,18,19,23,24,25,26,27);2-5H,1H3,(H,8,9,10)/t7-,8+,10+,11+,14+,30?;/m0./s1. The Bertz CT molecular complexity index is 1600. The van der Waals surface area contributed by atoms with Crippen molar-refractivity contribution in [3.8, 4) is 0 Å². The van der Waals surface area contributed by atoms with Gasteiger partial charge < -0.3 is 31.0 Å². The quantitative estimate of drug-likeness (QED) is 0.127. The highest BCUT2D eigenvalue weighted by molar-refractivity contribution is 7.96. The van der Waals surface area contributed by atoms with Crippen molar-refractivity contribution in [3.63, 3.8) is 0 Å². The topological polar surface area (TPSA) is 283 Å². The van der Waals surface area contributed by atoms with Gasteiger partial charge >= 0.3 is 16.4 Å². The van der Waals surface area contributed by atoms with Crippen LogP contribution in [0.2, 0.25) is 0 Å². The number of nitrogens with two attached hydrogens (primary N) is 2. The van der Waals surface area contributed by atoms with E-state index in [1.54, 1.807) is 12.1 Å². The Hall–Kier alpha value is -2.95. The zero-order chi connectivity index (χ0) is 31.4. The zero-order valence-corrected chi connectivity index (χ0v) is 24.7. The lowest BCUT2D eigenvalue weighted by Crippen LogP contribution is -2.40.